The van der Waals surface area contributed by atoms with Crippen molar-refractivity contribution < 1.29 is 9.53 Å². The van der Waals surface area contributed by atoms with Gasteiger partial charge in [0.2, 0.25) is 17.8 Å². The SMILES string of the molecule is CC(=O)N1CCN(c2nc(Nc3ccc(C#N)cc3)nc(Oc3ccnc4ccc(Br)cc34)n2)CC1. The van der Waals surface area contributed by atoms with Crippen LogP contribution in [0.15, 0.2) is 59.2 Å². The average Bonchev–Trinajstić information content (AvgIpc) is 2.89. The zero-order chi connectivity index (χ0) is 25.1. The van der Waals surface area contributed by atoms with Gasteiger partial charge >= 0.3 is 6.01 Å². The summed E-state index contributed by atoms with van der Waals surface area (Å²) in [6, 6.07) is 16.7. The summed E-state index contributed by atoms with van der Waals surface area (Å²) < 4.78 is 7.05. The molecule has 11 heteroatoms. The van der Waals surface area contributed by atoms with Gasteiger partial charge in [0, 0.05) is 54.8 Å². The molecule has 180 valence electrons. The number of anilines is 3. The van der Waals surface area contributed by atoms with Gasteiger partial charge in [-0.2, -0.15) is 20.2 Å². The van der Waals surface area contributed by atoms with Crippen molar-refractivity contribution in [2.45, 2.75) is 6.92 Å². The molecule has 1 amide bonds. The van der Waals surface area contributed by atoms with Crippen LogP contribution in [-0.4, -0.2) is 56.9 Å². The van der Waals surface area contributed by atoms with Crippen molar-refractivity contribution in [2.75, 3.05) is 36.4 Å². The number of hydrogen-bond donors (Lipinski definition) is 1. The van der Waals surface area contributed by atoms with Gasteiger partial charge in [0.15, 0.2) is 0 Å². The van der Waals surface area contributed by atoms with Gasteiger partial charge in [-0.05, 0) is 48.5 Å². The summed E-state index contributed by atoms with van der Waals surface area (Å²) in [6.45, 7) is 3.91. The summed E-state index contributed by atoms with van der Waals surface area (Å²) in [4.78, 5) is 33.6. The van der Waals surface area contributed by atoms with Crippen LogP contribution < -0.4 is 15.0 Å². The molecule has 1 aliphatic rings. The van der Waals surface area contributed by atoms with E-state index in [9.17, 15) is 4.79 Å². The monoisotopic (exact) mass is 544 g/mol. The molecule has 2 aromatic carbocycles. The van der Waals surface area contributed by atoms with Crippen LogP contribution in [0.2, 0.25) is 0 Å². The summed E-state index contributed by atoms with van der Waals surface area (Å²) in [5, 5.41) is 13.0. The molecule has 0 radical (unpaired) electrons. The standard InChI is InChI=1S/C25H21BrN8O2/c1-16(35)33-10-12-34(13-11-33)24-30-23(29-19-5-2-17(15-27)3-6-19)31-25(32-24)36-22-8-9-28-21-7-4-18(26)14-20(21)22/h2-9,14H,10-13H2,1H3,(H,29,30,31,32). The van der Waals surface area contributed by atoms with E-state index in [1.165, 1.54) is 0 Å². The number of benzene rings is 2. The van der Waals surface area contributed by atoms with Crippen molar-refractivity contribution in [3.8, 4) is 17.8 Å². The highest BCUT2D eigenvalue weighted by atomic mass is 79.9. The molecule has 1 saturated heterocycles. The molecule has 0 unspecified atom stereocenters. The predicted octanol–water partition coefficient (Wildman–Crippen LogP) is 4.26. The molecular formula is C25H21BrN8O2. The Morgan fingerprint density at radius 3 is 2.56 bits per heavy atom. The second-order valence-electron chi connectivity index (χ2n) is 8.12. The van der Waals surface area contributed by atoms with Crippen molar-refractivity contribution in [3.63, 3.8) is 0 Å². The van der Waals surface area contributed by atoms with E-state index in [0.717, 1.165) is 21.1 Å². The minimum absolute atomic E-state index is 0.0493. The number of carbonyl (C=O) groups is 1. The third kappa shape index (κ3) is 5.18. The zero-order valence-electron chi connectivity index (χ0n) is 19.3. The van der Waals surface area contributed by atoms with E-state index in [4.69, 9.17) is 10.00 Å². The maximum absolute atomic E-state index is 11.7. The Labute approximate surface area is 215 Å². The highest BCUT2D eigenvalue weighted by molar-refractivity contribution is 9.10. The second-order valence-corrected chi connectivity index (χ2v) is 9.04. The number of aromatic nitrogens is 4. The molecule has 3 heterocycles. The summed E-state index contributed by atoms with van der Waals surface area (Å²) in [7, 11) is 0. The van der Waals surface area contributed by atoms with E-state index >= 15 is 0 Å². The topological polar surface area (TPSA) is 120 Å². The number of nitriles is 1. The Kier molecular flexibility index (Phi) is 6.60. The first-order valence-electron chi connectivity index (χ1n) is 11.2. The van der Waals surface area contributed by atoms with E-state index in [-0.39, 0.29) is 11.9 Å². The molecule has 36 heavy (non-hydrogen) atoms. The molecule has 0 saturated carbocycles. The maximum atomic E-state index is 11.7. The van der Waals surface area contributed by atoms with E-state index < -0.39 is 0 Å². The molecule has 2 aromatic heterocycles. The molecule has 4 aromatic rings. The average molecular weight is 545 g/mol. The van der Waals surface area contributed by atoms with Gasteiger partial charge in [0.25, 0.3) is 0 Å². The number of pyridine rings is 1. The zero-order valence-corrected chi connectivity index (χ0v) is 20.9. The summed E-state index contributed by atoms with van der Waals surface area (Å²) in [5.41, 5.74) is 2.05. The number of nitrogens with one attached hydrogen (secondary N) is 1. The lowest BCUT2D eigenvalue weighted by atomic mass is 10.2. The van der Waals surface area contributed by atoms with Crippen molar-refractivity contribution in [2.24, 2.45) is 0 Å². The van der Waals surface area contributed by atoms with Crippen molar-refractivity contribution >= 4 is 50.3 Å². The predicted molar refractivity (Wildman–Crippen MR) is 138 cm³/mol. The maximum Gasteiger partial charge on any atom is 0.328 e. The minimum Gasteiger partial charge on any atom is -0.423 e. The number of nitrogens with zero attached hydrogens (tertiary/aromatic N) is 7. The molecule has 1 fully saturated rings. The first-order chi connectivity index (χ1) is 17.5. The Bertz CT molecular complexity index is 1460. The quantitative estimate of drug-likeness (QED) is 0.392. The summed E-state index contributed by atoms with van der Waals surface area (Å²) in [6.07, 6.45) is 1.67. The Morgan fingerprint density at radius 2 is 1.83 bits per heavy atom. The number of ether oxygens (including phenoxy) is 1. The lowest BCUT2D eigenvalue weighted by molar-refractivity contribution is -0.129. The lowest BCUT2D eigenvalue weighted by Crippen LogP contribution is -2.48. The van der Waals surface area contributed by atoms with Crippen LogP contribution in [0.1, 0.15) is 12.5 Å². The number of fused-ring (bicyclic) bond motifs is 1. The molecule has 10 nitrogen and oxygen atoms in total. The number of carbonyl (C=O) groups excluding carboxylic acids is 1. The van der Waals surface area contributed by atoms with Gasteiger partial charge in [0.05, 0.1) is 17.1 Å². The Hall–Kier alpha value is -4.30. The van der Waals surface area contributed by atoms with Crippen molar-refractivity contribution in [1.82, 2.24) is 24.8 Å². The largest absolute Gasteiger partial charge is 0.423 e. The molecule has 0 atom stereocenters. The van der Waals surface area contributed by atoms with E-state index in [0.29, 0.717) is 49.4 Å². The Morgan fingerprint density at radius 1 is 1.06 bits per heavy atom. The highest BCUT2D eigenvalue weighted by Gasteiger charge is 2.22. The van der Waals surface area contributed by atoms with Gasteiger partial charge < -0.3 is 19.9 Å². The number of piperazine rings is 1. The number of halogens is 1. The third-order valence-corrected chi connectivity index (χ3v) is 6.24. The van der Waals surface area contributed by atoms with Crippen LogP contribution in [0.3, 0.4) is 0 Å². The lowest BCUT2D eigenvalue weighted by Gasteiger charge is -2.34. The molecule has 1 aliphatic heterocycles. The molecule has 5 rings (SSSR count). The van der Waals surface area contributed by atoms with Crippen LogP contribution in [0.25, 0.3) is 10.9 Å². The normalized spacial score (nSPS) is 13.4. The van der Waals surface area contributed by atoms with Gasteiger partial charge in [-0.15, -0.1) is 0 Å². The molecule has 0 spiro atoms. The molecule has 1 N–H and O–H groups in total. The third-order valence-electron chi connectivity index (χ3n) is 5.75. The smallest absolute Gasteiger partial charge is 0.328 e. The van der Waals surface area contributed by atoms with Gasteiger partial charge in [-0.25, -0.2) is 0 Å². The number of rotatable bonds is 5. The number of hydrogen-bond acceptors (Lipinski definition) is 9. The highest BCUT2D eigenvalue weighted by Crippen LogP contribution is 2.30. The fourth-order valence-electron chi connectivity index (χ4n) is 3.85. The van der Waals surface area contributed by atoms with E-state index in [1.807, 2.05) is 23.1 Å². The van der Waals surface area contributed by atoms with Crippen LogP contribution >= 0.6 is 15.9 Å². The number of amides is 1. The van der Waals surface area contributed by atoms with Crippen LogP contribution in [0.4, 0.5) is 17.6 Å². The first kappa shape index (κ1) is 23.4. The molecule has 0 aliphatic carbocycles. The van der Waals surface area contributed by atoms with Crippen LogP contribution in [0.5, 0.6) is 11.8 Å². The van der Waals surface area contributed by atoms with Crippen molar-refractivity contribution in [1.29, 1.82) is 5.26 Å². The fraction of sp³-hybridized carbons (Fsp3) is 0.200. The molecular weight excluding hydrogens is 524 g/mol. The first-order valence-corrected chi connectivity index (χ1v) is 12.0. The van der Waals surface area contributed by atoms with Crippen molar-refractivity contribution in [3.05, 3.63) is 64.8 Å². The Balaban J connectivity index is 1.49. The minimum atomic E-state index is 0.0493. The summed E-state index contributed by atoms with van der Waals surface area (Å²) >= 11 is 3.50. The van der Waals surface area contributed by atoms with Gasteiger partial charge in [0.1, 0.15) is 5.75 Å². The van der Waals surface area contributed by atoms with Gasteiger partial charge in [-0.3, -0.25) is 9.78 Å². The van der Waals surface area contributed by atoms with Crippen LogP contribution in [0, 0.1) is 11.3 Å². The summed E-state index contributed by atoms with van der Waals surface area (Å²) in [5.74, 6) is 1.35. The fourth-order valence-corrected chi connectivity index (χ4v) is 4.21. The van der Waals surface area contributed by atoms with Crippen LogP contribution in [-0.2, 0) is 4.79 Å². The second kappa shape index (κ2) is 10.1. The van der Waals surface area contributed by atoms with E-state index in [2.05, 4.69) is 47.3 Å². The molecule has 0 bridgehead atoms. The van der Waals surface area contributed by atoms with E-state index in [1.54, 1.807) is 48.4 Å². The van der Waals surface area contributed by atoms with Gasteiger partial charge in [-0.1, -0.05) is 15.9 Å².